The molecule has 138 valence electrons. The van der Waals surface area contributed by atoms with E-state index in [9.17, 15) is 14.0 Å². The van der Waals surface area contributed by atoms with E-state index in [-0.39, 0.29) is 23.0 Å². The number of hydrogen-bond acceptors (Lipinski definition) is 2. The van der Waals surface area contributed by atoms with Crippen molar-refractivity contribution in [3.05, 3.63) is 35.6 Å². The highest BCUT2D eigenvalue weighted by Gasteiger charge is 2.24. The monoisotopic (exact) mass is 348 g/mol. The lowest BCUT2D eigenvalue weighted by Gasteiger charge is -2.25. The molecule has 2 amide bonds. The molecule has 1 heterocycles. The molecular formula is C20H29FN2O2. The molecule has 5 heteroatoms. The Morgan fingerprint density at radius 3 is 2.08 bits per heavy atom. The van der Waals surface area contributed by atoms with Crippen molar-refractivity contribution in [1.29, 1.82) is 0 Å². The molecular weight excluding hydrogens is 319 g/mol. The molecule has 0 bridgehead atoms. The van der Waals surface area contributed by atoms with Gasteiger partial charge in [0.25, 0.3) is 0 Å². The highest BCUT2D eigenvalue weighted by Crippen LogP contribution is 2.20. The van der Waals surface area contributed by atoms with Gasteiger partial charge in [-0.3, -0.25) is 9.59 Å². The normalized spacial score (nSPS) is 15.8. The Kier molecular flexibility index (Phi) is 6.57. The molecule has 0 spiro atoms. The van der Waals surface area contributed by atoms with Gasteiger partial charge >= 0.3 is 0 Å². The number of carbonyl (C=O) groups excluding carboxylic acids is 2. The number of aryl methyl sites for hydroxylation is 1. The Morgan fingerprint density at radius 1 is 0.960 bits per heavy atom. The van der Waals surface area contributed by atoms with Crippen molar-refractivity contribution in [2.24, 2.45) is 5.41 Å². The standard InChI is InChI=1S/C20H29FN2O2/c1-20(2,3)15-19(25)23-12-4-11-22(13-14-23)18(24)10-7-16-5-8-17(21)9-6-16/h5-6,8-9H,4,7,10-15H2,1-3H3. The van der Waals surface area contributed by atoms with Gasteiger partial charge in [-0.05, 0) is 36.0 Å². The van der Waals surface area contributed by atoms with Crippen molar-refractivity contribution >= 4 is 11.8 Å². The van der Waals surface area contributed by atoms with E-state index in [4.69, 9.17) is 0 Å². The first-order chi connectivity index (χ1) is 11.7. The second kappa shape index (κ2) is 8.45. The average Bonchev–Trinajstić information content (AvgIpc) is 2.78. The molecule has 0 atom stereocenters. The summed E-state index contributed by atoms with van der Waals surface area (Å²) in [4.78, 5) is 28.6. The van der Waals surface area contributed by atoms with Crippen LogP contribution < -0.4 is 0 Å². The Morgan fingerprint density at radius 2 is 1.52 bits per heavy atom. The fraction of sp³-hybridized carbons (Fsp3) is 0.600. The summed E-state index contributed by atoms with van der Waals surface area (Å²) in [7, 11) is 0. The van der Waals surface area contributed by atoms with Crippen LogP contribution in [0.4, 0.5) is 4.39 Å². The third-order valence-electron chi connectivity index (χ3n) is 4.42. The smallest absolute Gasteiger partial charge is 0.223 e. The van der Waals surface area contributed by atoms with Crippen molar-refractivity contribution in [1.82, 2.24) is 9.80 Å². The summed E-state index contributed by atoms with van der Waals surface area (Å²) in [6.07, 6.45) is 2.38. The molecule has 1 aliphatic rings. The molecule has 0 N–H and O–H groups in total. The Hall–Kier alpha value is -1.91. The third-order valence-corrected chi connectivity index (χ3v) is 4.42. The predicted molar refractivity (Wildman–Crippen MR) is 96.6 cm³/mol. The molecule has 4 nitrogen and oxygen atoms in total. The van der Waals surface area contributed by atoms with Gasteiger partial charge in [-0.1, -0.05) is 32.9 Å². The van der Waals surface area contributed by atoms with Gasteiger partial charge < -0.3 is 9.80 Å². The summed E-state index contributed by atoms with van der Waals surface area (Å²) in [6.45, 7) is 8.81. The molecule has 1 aliphatic heterocycles. The van der Waals surface area contributed by atoms with Crippen LogP contribution in [-0.2, 0) is 16.0 Å². The Labute approximate surface area is 150 Å². The van der Waals surface area contributed by atoms with E-state index in [2.05, 4.69) is 20.8 Å². The zero-order valence-corrected chi connectivity index (χ0v) is 15.6. The van der Waals surface area contributed by atoms with E-state index in [0.717, 1.165) is 18.5 Å². The first-order valence-corrected chi connectivity index (χ1v) is 9.04. The maximum atomic E-state index is 12.9. The molecule has 0 aromatic heterocycles. The van der Waals surface area contributed by atoms with Crippen molar-refractivity contribution in [2.75, 3.05) is 26.2 Å². The highest BCUT2D eigenvalue weighted by molar-refractivity contribution is 5.78. The molecule has 0 unspecified atom stereocenters. The van der Waals surface area contributed by atoms with Crippen LogP contribution >= 0.6 is 0 Å². The molecule has 1 fully saturated rings. The fourth-order valence-corrected chi connectivity index (χ4v) is 3.04. The first-order valence-electron chi connectivity index (χ1n) is 9.04. The topological polar surface area (TPSA) is 40.6 Å². The molecule has 1 aromatic carbocycles. The van der Waals surface area contributed by atoms with Crippen LogP contribution in [0.1, 0.15) is 45.6 Å². The lowest BCUT2D eigenvalue weighted by Crippen LogP contribution is -2.38. The second-order valence-corrected chi connectivity index (χ2v) is 7.98. The van der Waals surface area contributed by atoms with Gasteiger partial charge in [-0.15, -0.1) is 0 Å². The number of halogens is 1. The number of nitrogens with zero attached hydrogens (tertiary/aromatic N) is 2. The minimum Gasteiger partial charge on any atom is -0.341 e. The van der Waals surface area contributed by atoms with Gasteiger partial charge in [0, 0.05) is 39.0 Å². The fourth-order valence-electron chi connectivity index (χ4n) is 3.04. The van der Waals surface area contributed by atoms with E-state index in [1.165, 1.54) is 12.1 Å². The minimum absolute atomic E-state index is 0.0198. The van der Waals surface area contributed by atoms with E-state index in [1.54, 1.807) is 12.1 Å². The lowest BCUT2D eigenvalue weighted by atomic mass is 9.91. The first kappa shape index (κ1) is 19.4. The highest BCUT2D eigenvalue weighted by atomic mass is 19.1. The van der Waals surface area contributed by atoms with Gasteiger partial charge in [0.1, 0.15) is 5.82 Å². The van der Waals surface area contributed by atoms with Crippen molar-refractivity contribution < 1.29 is 14.0 Å². The summed E-state index contributed by atoms with van der Waals surface area (Å²) in [6, 6.07) is 6.28. The van der Waals surface area contributed by atoms with Gasteiger partial charge in [-0.25, -0.2) is 4.39 Å². The SMILES string of the molecule is CC(C)(C)CC(=O)N1CCCN(C(=O)CCc2ccc(F)cc2)CC1. The third kappa shape index (κ3) is 6.48. The molecule has 1 saturated heterocycles. The summed E-state index contributed by atoms with van der Waals surface area (Å²) < 4.78 is 12.9. The van der Waals surface area contributed by atoms with Crippen LogP contribution in [0.2, 0.25) is 0 Å². The van der Waals surface area contributed by atoms with Gasteiger partial charge in [0.15, 0.2) is 0 Å². The van der Waals surface area contributed by atoms with Crippen molar-refractivity contribution in [3.63, 3.8) is 0 Å². The summed E-state index contributed by atoms with van der Waals surface area (Å²) in [5.41, 5.74) is 0.945. The number of carbonyl (C=O) groups is 2. The lowest BCUT2D eigenvalue weighted by molar-refractivity contribution is -0.134. The van der Waals surface area contributed by atoms with Crippen LogP contribution in [0, 0.1) is 11.2 Å². The Bertz CT molecular complexity index is 593. The van der Waals surface area contributed by atoms with Crippen molar-refractivity contribution in [3.8, 4) is 0 Å². The van der Waals surface area contributed by atoms with E-state index >= 15 is 0 Å². The zero-order valence-electron chi connectivity index (χ0n) is 15.6. The second-order valence-electron chi connectivity index (χ2n) is 7.98. The number of rotatable bonds is 4. The van der Waals surface area contributed by atoms with E-state index in [1.807, 2.05) is 9.80 Å². The summed E-state index contributed by atoms with van der Waals surface area (Å²) in [5, 5.41) is 0. The Balaban J connectivity index is 1.82. The zero-order chi connectivity index (χ0) is 18.4. The van der Waals surface area contributed by atoms with Crippen LogP contribution in [-0.4, -0.2) is 47.8 Å². The molecule has 0 radical (unpaired) electrons. The van der Waals surface area contributed by atoms with Gasteiger partial charge in [-0.2, -0.15) is 0 Å². The number of hydrogen-bond donors (Lipinski definition) is 0. The van der Waals surface area contributed by atoms with Crippen LogP contribution in [0.15, 0.2) is 24.3 Å². The van der Waals surface area contributed by atoms with Crippen LogP contribution in [0.25, 0.3) is 0 Å². The maximum absolute atomic E-state index is 12.9. The molecule has 2 rings (SSSR count). The van der Waals surface area contributed by atoms with E-state index < -0.39 is 0 Å². The summed E-state index contributed by atoms with van der Waals surface area (Å²) >= 11 is 0. The predicted octanol–water partition coefficient (Wildman–Crippen LogP) is 3.26. The van der Waals surface area contributed by atoms with Crippen LogP contribution in [0.5, 0.6) is 0 Å². The minimum atomic E-state index is -0.261. The molecule has 25 heavy (non-hydrogen) atoms. The van der Waals surface area contributed by atoms with Gasteiger partial charge in [0.2, 0.25) is 11.8 Å². The maximum Gasteiger partial charge on any atom is 0.223 e. The largest absolute Gasteiger partial charge is 0.341 e. The van der Waals surface area contributed by atoms with Gasteiger partial charge in [0.05, 0.1) is 0 Å². The molecule has 0 aliphatic carbocycles. The quantitative estimate of drug-likeness (QED) is 0.838. The van der Waals surface area contributed by atoms with Crippen LogP contribution in [0.3, 0.4) is 0 Å². The molecule has 0 saturated carbocycles. The van der Waals surface area contributed by atoms with E-state index in [0.29, 0.717) is 38.9 Å². The summed E-state index contributed by atoms with van der Waals surface area (Å²) in [5.74, 6) is 0.0187. The number of amides is 2. The number of benzene rings is 1. The van der Waals surface area contributed by atoms with Crippen molar-refractivity contribution in [2.45, 2.75) is 46.5 Å². The molecule has 1 aromatic rings. The average molecular weight is 348 g/mol.